The highest BCUT2D eigenvalue weighted by atomic mass is 32.1. The summed E-state index contributed by atoms with van der Waals surface area (Å²) in [7, 11) is 3.24. The van der Waals surface area contributed by atoms with Crippen molar-refractivity contribution in [2.24, 2.45) is 4.99 Å². The van der Waals surface area contributed by atoms with Gasteiger partial charge in [0.2, 0.25) is 0 Å². The molecule has 0 bridgehead atoms. The number of thiazole rings is 1. The Morgan fingerprint density at radius 1 is 1.00 bits per heavy atom. The molecule has 4 aromatic rings. The van der Waals surface area contributed by atoms with E-state index < -0.39 is 0 Å². The highest BCUT2D eigenvalue weighted by Gasteiger charge is 2.34. The average molecular weight is 497 g/mol. The van der Waals surface area contributed by atoms with Crippen LogP contribution in [0.5, 0.6) is 17.2 Å². The van der Waals surface area contributed by atoms with Crippen molar-refractivity contribution in [3.63, 3.8) is 0 Å². The van der Waals surface area contributed by atoms with Gasteiger partial charge in [-0.25, -0.2) is 4.99 Å². The number of phenols is 1. The first kappa shape index (κ1) is 22.4. The number of aromatic nitrogens is 1. The van der Waals surface area contributed by atoms with Crippen LogP contribution in [0.15, 0.2) is 82.1 Å². The van der Waals surface area contributed by atoms with E-state index in [1.165, 1.54) is 16.9 Å². The summed E-state index contributed by atoms with van der Waals surface area (Å²) >= 11 is 1.37. The molecule has 1 aliphatic carbocycles. The Hall–Kier alpha value is -4.10. The van der Waals surface area contributed by atoms with Gasteiger partial charge in [-0.3, -0.25) is 9.36 Å². The van der Waals surface area contributed by atoms with E-state index in [4.69, 9.17) is 14.5 Å². The van der Waals surface area contributed by atoms with Crippen molar-refractivity contribution < 1.29 is 14.6 Å². The standard InChI is InChI=1S/C29H24N2O4S/c1-34-23-9-5-8-22(27(23)35-2)26-21-15-12-18-6-3-4-7-20(18)25(21)30-29-31(26)28(33)24(36-29)16-17-10-13-19(32)14-11-17/h3-11,13-14,16,26,32H,12,15H2,1-2H3/b24-16+/t26-/m0/s1. The molecule has 180 valence electrons. The zero-order valence-corrected chi connectivity index (χ0v) is 20.7. The molecule has 0 fully saturated rings. The summed E-state index contributed by atoms with van der Waals surface area (Å²) in [6.07, 6.45) is 3.52. The Balaban J connectivity index is 1.65. The number of ether oxygens (including phenoxy) is 2. The van der Waals surface area contributed by atoms with Gasteiger partial charge in [0, 0.05) is 11.1 Å². The predicted molar refractivity (Wildman–Crippen MR) is 140 cm³/mol. The number of aromatic hydroxyl groups is 1. The molecule has 1 aliphatic heterocycles. The molecule has 0 amide bonds. The number of aryl methyl sites for hydroxylation is 1. The van der Waals surface area contributed by atoms with Crippen molar-refractivity contribution in [2.45, 2.75) is 18.9 Å². The molecule has 0 spiro atoms. The van der Waals surface area contributed by atoms with Gasteiger partial charge in [0.15, 0.2) is 16.3 Å². The van der Waals surface area contributed by atoms with Crippen LogP contribution in [0, 0.1) is 0 Å². The summed E-state index contributed by atoms with van der Waals surface area (Å²) in [4.78, 5) is 19.6. The number of benzene rings is 3. The number of rotatable bonds is 4. The van der Waals surface area contributed by atoms with Crippen LogP contribution in [0.4, 0.5) is 0 Å². The van der Waals surface area contributed by atoms with Gasteiger partial charge < -0.3 is 14.6 Å². The number of hydrogen-bond donors (Lipinski definition) is 1. The molecule has 0 saturated carbocycles. The molecule has 36 heavy (non-hydrogen) atoms. The third-order valence-electron chi connectivity index (χ3n) is 6.79. The Bertz CT molecular complexity index is 1700. The highest BCUT2D eigenvalue weighted by molar-refractivity contribution is 7.07. The second kappa shape index (κ2) is 8.84. The molecule has 1 aromatic heterocycles. The van der Waals surface area contributed by atoms with Crippen LogP contribution in [-0.2, 0) is 6.42 Å². The molecular weight excluding hydrogens is 472 g/mol. The maximum atomic E-state index is 13.9. The van der Waals surface area contributed by atoms with Crippen molar-refractivity contribution in [3.8, 4) is 17.2 Å². The Morgan fingerprint density at radius 2 is 1.81 bits per heavy atom. The van der Waals surface area contributed by atoms with Crippen molar-refractivity contribution in [3.05, 3.63) is 114 Å². The first-order chi connectivity index (χ1) is 17.6. The summed E-state index contributed by atoms with van der Waals surface area (Å²) in [5.41, 5.74) is 6.01. The van der Waals surface area contributed by atoms with E-state index in [2.05, 4.69) is 18.2 Å². The van der Waals surface area contributed by atoms with Crippen LogP contribution < -0.4 is 24.4 Å². The van der Waals surface area contributed by atoms with E-state index in [1.807, 2.05) is 30.3 Å². The minimum atomic E-state index is -0.364. The lowest BCUT2D eigenvalue weighted by atomic mass is 9.83. The second-order valence-corrected chi connectivity index (χ2v) is 9.80. The number of fused-ring (bicyclic) bond motifs is 3. The second-order valence-electron chi connectivity index (χ2n) is 8.79. The van der Waals surface area contributed by atoms with Gasteiger partial charge in [-0.05, 0) is 53.8 Å². The van der Waals surface area contributed by atoms with Gasteiger partial charge in [0.1, 0.15) is 5.75 Å². The topological polar surface area (TPSA) is 73.0 Å². The smallest absolute Gasteiger partial charge is 0.271 e. The molecule has 2 heterocycles. The number of phenolic OH excluding ortho intramolecular Hbond substituents is 1. The van der Waals surface area contributed by atoms with Gasteiger partial charge in [-0.2, -0.15) is 0 Å². The zero-order valence-electron chi connectivity index (χ0n) is 19.9. The summed E-state index contributed by atoms with van der Waals surface area (Å²) in [5.74, 6) is 1.42. The molecule has 1 N–H and O–H groups in total. The van der Waals surface area contributed by atoms with Crippen LogP contribution >= 0.6 is 11.3 Å². The van der Waals surface area contributed by atoms with Gasteiger partial charge in [-0.15, -0.1) is 0 Å². The Kier molecular flexibility index (Phi) is 5.49. The molecule has 6 nitrogen and oxygen atoms in total. The lowest BCUT2D eigenvalue weighted by Crippen LogP contribution is -2.39. The Morgan fingerprint density at radius 3 is 2.58 bits per heavy atom. The highest BCUT2D eigenvalue weighted by Crippen LogP contribution is 2.45. The maximum absolute atomic E-state index is 13.9. The zero-order chi connectivity index (χ0) is 24.8. The predicted octanol–water partition coefficient (Wildman–Crippen LogP) is 4.04. The summed E-state index contributed by atoms with van der Waals surface area (Å²) in [5, 5.41) is 9.64. The fraction of sp³-hybridized carbons (Fsp3) is 0.172. The van der Waals surface area contributed by atoms with Crippen molar-refractivity contribution >= 4 is 23.1 Å². The fourth-order valence-corrected chi connectivity index (χ4v) is 6.15. The minimum Gasteiger partial charge on any atom is -0.508 e. The third-order valence-corrected chi connectivity index (χ3v) is 7.77. The molecule has 0 radical (unpaired) electrons. The SMILES string of the molecule is COc1cccc([C@@H]2C3=C(N=c4s/c(=C/c5ccc(O)cc5)c(=O)n42)c2ccccc2CC3)c1OC. The average Bonchev–Trinajstić information content (AvgIpc) is 3.22. The van der Waals surface area contributed by atoms with E-state index >= 15 is 0 Å². The lowest BCUT2D eigenvalue weighted by molar-refractivity contribution is 0.348. The lowest BCUT2D eigenvalue weighted by Gasteiger charge is -2.31. The normalized spacial score (nSPS) is 16.6. The van der Waals surface area contributed by atoms with Crippen LogP contribution in [0.3, 0.4) is 0 Å². The molecule has 2 aliphatic rings. The van der Waals surface area contributed by atoms with Gasteiger partial charge in [0.25, 0.3) is 5.56 Å². The third kappa shape index (κ3) is 3.55. The van der Waals surface area contributed by atoms with E-state index in [9.17, 15) is 9.90 Å². The van der Waals surface area contributed by atoms with Crippen LogP contribution in [0.1, 0.15) is 34.7 Å². The van der Waals surface area contributed by atoms with Crippen molar-refractivity contribution in [1.29, 1.82) is 0 Å². The molecule has 0 saturated heterocycles. The molecule has 7 heteroatoms. The molecular formula is C29H24N2O4S. The number of para-hydroxylation sites is 1. The summed E-state index contributed by atoms with van der Waals surface area (Å²) in [6.45, 7) is 0. The molecule has 1 atom stereocenters. The summed E-state index contributed by atoms with van der Waals surface area (Å²) < 4.78 is 13.8. The van der Waals surface area contributed by atoms with Gasteiger partial charge in [0.05, 0.1) is 30.5 Å². The maximum Gasteiger partial charge on any atom is 0.271 e. The Labute approximate surface area is 211 Å². The van der Waals surface area contributed by atoms with E-state index in [-0.39, 0.29) is 17.4 Å². The van der Waals surface area contributed by atoms with Crippen LogP contribution in [-0.4, -0.2) is 23.9 Å². The number of hydrogen-bond acceptors (Lipinski definition) is 6. The van der Waals surface area contributed by atoms with Crippen molar-refractivity contribution in [1.82, 2.24) is 4.57 Å². The monoisotopic (exact) mass is 496 g/mol. The summed E-state index contributed by atoms with van der Waals surface area (Å²) in [6, 6.07) is 20.6. The largest absolute Gasteiger partial charge is 0.508 e. The van der Waals surface area contributed by atoms with E-state index in [0.717, 1.165) is 40.8 Å². The fourth-order valence-electron chi connectivity index (χ4n) is 5.15. The van der Waals surface area contributed by atoms with E-state index in [1.54, 1.807) is 43.1 Å². The van der Waals surface area contributed by atoms with E-state index in [0.29, 0.717) is 20.8 Å². The first-order valence-electron chi connectivity index (χ1n) is 11.7. The number of allylic oxidation sites excluding steroid dienone is 1. The van der Waals surface area contributed by atoms with Crippen LogP contribution in [0.25, 0.3) is 11.8 Å². The molecule has 0 unspecified atom stereocenters. The van der Waals surface area contributed by atoms with Gasteiger partial charge >= 0.3 is 0 Å². The van der Waals surface area contributed by atoms with Gasteiger partial charge in [-0.1, -0.05) is 59.9 Å². The number of nitrogens with zero attached hydrogens (tertiary/aromatic N) is 2. The minimum absolute atomic E-state index is 0.105. The molecule has 6 rings (SSSR count). The number of methoxy groups -OCH3 is 2. The quantitative estimate of drug-likeness (QED) is 0.463. The first-order valence-corrected chi connectivity index (χ1v) is 12.5. The molecule has 3 aromatic carbocycles. The van der Waals surface area contributed by atoms with Crippen LogP contribution in [0.2, 0.25) is 0 Å². The van der Waals surface area contributed by atoms with Crippen molar-refractivity contribution in [2.75, 3.05) is 14.2 Å².